The monoisotopic (exact) mass is 234 g/mol. The van der Waals surface area contributed by atoms with Crippen LogP contribution in [0, 0.1) is 0 Å². The van der Waals surface area contributed by atoms with Gasteiger partial charge in [-0.25, -0.2) is 9.97 Å². The lowest BCUT2D eigenvalue weighted by Crippen LogP contribution is -2.44. The molecular weight excluding hydrogens is 216 g/mol. The summed E-state index contributed by atoms with van der Waals surface area (Å²) in [5.41, 5.74) is 6.16. The highest BCUT2D eigenvalue weighted by Crippen LogP contribution is 2.21. The highest BCUT2D eigenvalue weighted by atomic mass is 16.2. The van der Waals surface area contributed by atoms with Crippen molar-refractivity contribution in [3.63, 3.8) is 0 Å². The molecule has 1 fully saturated rings. The van der Waals surface area contributed by atoms with Crippen LogP contribution in [-0.2, 0) is 0 Å². The molecule has 2 heterocycles. The van der Waals surface area contributed by atoms with Gasteiger partial charge in [0.05, 0.1) is 5.56 Å². The second-order valence-corrected chi connectivity index (χ2v) is 4.35. The molecule has 2 rings (SSSR count). The Bertz CT molecular complexity index is 366. The van der Waals surface area contributed by atoms with Gasteiger partial charge in [0.15, 0.2) is 0 Å². The van der Waals surface area contributed by atoms with Crippen LogP contribution in [-0.4, -0.2) is 39.9 Å². The number of nitrogens with zero attached hydrogens (tertiary/aromatic N) is 3. The molecule has 5 nitrogen and oxygen atoms in total. The summed E-state index contributed by atoms with van der Waals surface area (Å²) in [4.78, 5) is 22.0. The first-order chi connectivity index (χ1) is 8.33. The van der Waals surface area contributed by atoms with Crippen LogP contribution in [0.2, 0.25) is 0 Å². The number of rotatable bonds is 3. The number of carbonyl (C=O) groups is 1. The maximum Gasteiger partial charge on any atom is 0.257 e. The van der Waals surface area contributed by atoms with E-state index >= 15 is 0 Å². The second kappa shape index (κ2) is 5.72. The molecule has 17 heavy (non-hydrogen) atoms. The summed E-state index contributed by atoms with van der Waals surface area (Å²) in [6.07, 6.45) is 8.76. The van der Waals surface area contributed by atoms with Crippen LogP contribution in [0.3, 0.4) is 0 Å². The van der Waals surface area contributed by atoms with E-state index in [1.807, 2.05) is 4.90 Å². The summed E-state index contributed by atoms with van der Waals surface area (Å²) >= 11 is 0. The Kier molecular flexibility index (Phi) is 4.03. The summed E-state index contributed by atoms with van der Waals surface area (Å²) in [5.74, 6) is 0.0313. The minimum atomic E-state index is 0.0313. The van der Waals surface area contributed by atoms with Crippen LogP contribution in [0.15, 0.2) is 18.7 Å². The summed E-state index contributed by atoms with van der Waals surface area (Å²) in [6.45, 7) is 1.44. The van der Waals surface area contributed by atoms with Crippen LogP contribution in [0.25, 0.3) is 0 Å². The first-order valence-electron chi connectivity index (χ1n) is 6.09. The van der Waals surface area contributed by atoms with E-state index in [2.05, 4.69) is 9.97 Å². The molecule has 0 saturated carbocycles. The lowest BCUT2D eigenvalue weighted by molar-refractivity contribution is 0.0604. The van der Waals surface area contributed by atoms with Gasteiger partial charge in [-0.15, -0.1) is 0 Å². The Morgan fingerprint density at radius 1 is 1.41 bits per heavy atom. The van der Waals surface area contributed by atoms with E-state index in [1.165, 1.54) is 12.7 Å². The average Bonchev–Trinajstić information content (AvgIpc) is 2.40. The number of nitrogens with two attached hydrogens (primary N) is 1. The molecule has 2 N–H and O–H groups in total. The minimum absolute atomic E-state index is 0.0313. The molecular formula is C12H18N4O. The molecule has 0 bridgehead atoms. The fraction of sp³-hybridized carbons (Fsp3) is 0.583. The highest BCUT2D eigenvalue weighted by molar-refractivity contribution is 5.93. The van der Waals surface area contributed by atoms with E-state index < -0.39 is 0 Å². The van der Waals surface area contributed by atoms with Crippen LogP contribution < -0.4 is 5.73 Å². The smallest absolute Gasteiger partial charge is 0.257 e. The molecule has 1 aliphatic rings. The largest absolute Gasteiger partial charge is 0.336 e. The third-order valence-corrected chi connectivity index (χ3v) is 3.20. The van der Waals surface area contributed by atoms with Crippen LogP contribution in [0.5, 0.6) is 0 Å². The fourth-order valence-corrected chi connectivity index (χ4v) is 2.34. The molecule has 1 unspecified atom stereocenters. The van der Waals surface area contributed by atoms with Crippen molar-refractivity contribution in [1.29, 1.82) is 0 Å². The lowest BCUT2D eigenvalue weighted by Gasteiger charge is -2.35. The molecule has 1 atom stereocenters. The molecule has 0 aliphatic carbocycles. The number of carbonyl (C=O) groups excluding carboxylic acids is 1. The molecule has 0 aromatic carbocycles. The highest BCUT2D eigenvalue weighted by Gasteiger charge is 2.26. The van der Waals surface area contributed by atoms with Gasteiger partial charge in [0.1, 0.15) is 6.33 Å². The third kappa shape index (κ3) is 2.79. The molecule has 1 aromatic heterocycles. The molecule has 0 spiro atoms. The van der Waals surface area contributed by atoms with Gasteiger partial charge in [-0.1, -0.05) is 0 Å². The minimum Gasteiger partial charge on any atom is -0.336 e. The Balaban J connectivity index is 2.11. The summed E-state index contributed by atoms with van der Waals surface area (Å²) in [7, 11) is 0. The SMILES string of the molecule is NCCC1CCCCN1C(=O)c1cncnc1. The van der Waals surface area contributed by atoms with E-state index in [9.17, 15) is 4.79 Å². The average molecular weight is 234 g/mol. The van der Waals surface area contributed by atoms with Crippen molar-refractivity contribution in [1.82, 2.24) is 14.9 Å². The Labute approximate surface area is 101 Å². The molecule has 0 radical (unpaired) electrons. The van der Waals surface area contributed by atoms with Crippen LogP contribution >= 0.6 is 0 Å². The lowest BCUT2D eigenvalue weighted by atomic mass is 9.98. The predicted octanol–water partition coefficient (Wildman–Crippen LogP) is 0.820. The predicted molar refractivity (Wildman–Crippen MR) is 64.4 cm³/mol. The second-order valence-electron chi connectivity index (χ2n) is 4.35. The van der Waals surface area contributed by atoms with Crippen molar-refractivity contribution in [2.45, 2.75) is 31.7 Å². The fourth-order valence-electron chi connectivity index (χ4n) is 2.34. The molecule has 92 valence electrons. The number of piperidine rings is 1. The van der Waals surface area contributed by atoms with E-state index in [0.717, 1.165) is 25.8 Å². The number of likely N-dealkylation sites (tertiary alicyclic amines) is 1. The first-order valence-corrected chi connectivity index (χ1v) is 6.09. The van der Waals surface area contributed by atoms with Gasteiger partial charge in [-0.05, 0) is 32.2 Å². The van der Waals surface area contributed by atoms with Gasteiger partial charge in [0.25, 0.3) is 5.91 Å². The van der Waals surface area contributed by atoms with Gasteiger partial charge >= 0.3 is 0 Å². The van der Waals surface area contributed by atoms with Gasteiger partial charge < -0.3 is 10.6 Å². The molecule has 1 aromatic rings. The van der Waals surface area contributed by atoms with Crippen molar-refractivity contribution in [2.75, 3.05) is 13.1 Å². The number of aromatic nitrogens is 2. The molecule has 1 aliphatic heterocycles. The molecule has 1 saturated heterocycles. The van der Waals surface area contributed by atoms with E-state index in [4.69, 9.17) is 5.73 Å². The van der Waals surface area contributed by atoms with Gasteiger partial charge in [0, 0.05) is 25.0 Å². The van der Waals surface area contributed by atoms with Gasteiger partial charge in [-0.3, -0.25) is 4.79 Å². The van der Waals surface area contributed by atoms with Crippen LogP contribution in [0.1, 0.15) is 36.0 Å². The first kappa shape index (κ1) is 12.0. The standard InChI is InChI=1S/C12H18N4O/c13-5-4-11-3-1-2-6-16(11)12(17)10-7-14-9-15-8-10/h7-9,11H,1-6,13H2. The van der Waals surface area contributed by atoms with E-state index in [-0.39, 0.29) is 11.9 Å². The van der Waals surface area contributed by atoms with Crippen molar-refractivity contribution < 1.29 is 4.79 Å². The topological polar surface area (TPSA) is 72.1 Å². The summed E-state index contributed by atoms with van der Waals surface area (Å²) in [5, 5.41) is 0. The Morgan fingerprint density at radius 2 is 2.18 bits per heavy atom. The van der Waals surface area contributed by atoms with E-state index in [1.54, 1.807) is 12.4 Å². The van der Waals surface area contributed by atoms with Crippen molar-refractivity contribution in [3.8, 4) is 0 Å². The molecule has 1 amide bonds. The quantitative estimate of drug-likeness (QED) is 0.840. The summed E-state index contributed by atoms with van der Waals surface area (Å²) < 4.78 is 0. The van der Waals surface area contributed by atoms with E-state index in [0.29, 0.717) is 12.1 Å². The summed E-state index contributed by atoms with van der Waals surface area (Å²) in [6, 6.07) is 0.279. The number of hydrogen-bond donors (Lipinski definition) is 1. The Hall–Kier alpha value is -1.49. The third-order valence-electron chi connectivity index (χ3n) is 3.20. The van der Waals surface area contributed by atoms with Gasteiger partial charge in [-0.2, -0.15) is 0 Å². The van der Waals surface area contributed by atoms with Crippen molar-refractivity contribution in [3.05, 3.63) is 24.3 Å². The van der Waals surface area contributed by atoms with Crippen molar-refractivity contribution in [2.24, 2.45) is 5.73 Å². The zero-order valence-corrected chi connectivity index (χ0v) is 9.88. The van der Waals surface area contributed by atoms with Gasteiger partial charge in [0.2, 0.25) is 0 Å². The Morgan fingerprint density at radius 3 is 2.88 bits per heavy atom. The molecule has 5 heteroatoms. The van der Waals surface area contributed by atoms with Crippen LogP contribution in [0.4, 0.5) is 0 Å². The zero-order chi connectivity index (χ0) is 12.1. The number of amides is 1. The normalized spacial score (nSPS) is 20.3. The zero-order valence-electron chi connectivity index (χ0n) is 9.88. The van der Waals surface area contributed by atoms with Crippen molar-refractivity contribution >= 4 is 5.91 Å². The maximum absolute atomic E-state index is 12.3. The number of hydrogen-bond acceptors (Lipinski definition) is 4. The maximum atomic E-state index is 12.3.